The van der Waals surface area contributed by atoms with Crippen LogP contribution in [0.5, 0.6) is 11.5 Å². The number of rotatable bonds is 0. The lowest BCUT2D eigenvalue weighted by Gasteiger charge is -2.00. The van der Waals surface area contributed by atoms with Crippen LogP contribution in [0.3, 0.4) is 0 Å². The highest BCUT2D eigenvalue weighted by molar-refractivity contribution is 5.90. The molecular weight excluding hydrogens is 164 g/mol. The van der Waals surface area contributed by atoms with Gasteiger partial charge in [0.2, 0.25) is 6.79 Å². The van der Waals surface area contributed by atoms with Crippen molar-refractivity contribution in [3.8, 4) is 11.5 Å². The van der Waals surface area contributed by atoms with E-state index < -0.39 is 0 Å². The predicted octanol–water partition coefficient (Wildman–Crippen LogP) is 2.37. The van der Waals surface area contributed by atoms with E-state index in [4.69, 9.17) is 9.47 Å². The molecule has 0 aliphatic carbocycles. The number of benzene rings is 2. The second-order valence-electron chi connectivity index (χ2n) is 2.93. The topological polar surface area (TPSA) is 18.5 Å². The molecule has 0 atom stereocenters. The van der Waals surface area contributed by atoms with Gasteiger partial charge in [-0.05, 0) is 17.5 Å². The molecule has 0 saturated heterocycles. The lowest BCUT2D eigenvalue weighted by molar-refractivity contribution is 0.175. The van der Waals surface area contributed by atoms with Gasteiger partial charge in [-0.25, -0.2) is 0 Å². The van der Waals surface area contributed by atoms with Crippen LogP contribution < -0.4 is 9.47 Å². The Morgan fingerprint density at radius 3 is 3.08 bits per heavy atom. The molecule has 0 bridgehead atoms. The molecule has 1 aliphatic rings. The van der Waals surface area contributed by atoms with Crippen LogP contribution in [0.1, 0.15) is 0 Å². The van der Waals surface area contributed by atoms with Crippen LogP contribution in [0.25, 0.3) is 10.8 Å². The summed E-state index contributed by atoms with van der Waals surface area (Å²) in [5, 5.41) is 2.13. The highest BCUT2D eigenvalue weighted by atomic mass is 16.7. The predicted molar refractivity (Wildman–Crippen MR) is 48.9 cm³/mol. The average molecular weight is 171 g/mol. The molecule has 3 rings (SSSR count). The summed E-state index contributed by atoms with van der Waals surface area (Å²) in [6.45, 7) is 0.317. The van der Waals surface area contributed by atoms with Crippen LogP contribution in [0.15, 0.2) is 30.3 Å². The lowest BCUT2D eigenvalue weighted by atomic mass is 10.1. The largest absolute Gasteiger partial charge is 0.454 e. The first-order chi connectivity index (χ1) is 6.45. The van der Waals surface area contributed by atoms with Gasteiger partial charge in [-0.3, -0.25) is 0 Å². The molecule has 0 saturated carbocycles. The van der Waals surface area contributed by atoms with Crippen molar-refractivity contribution in [2.24, 2.45) is 0 Å². The Bertz CT molecular complexity index is 463. The third kappa shape index (κ3) is 0.886. The van der Waals surface area contributed by atoms with Crippen molar-refractivity contribution >= 4 is 10.8 Å². The van der Waals surface area contributed by atoms with E-state index in [9.17, 15) is 0 Å². The molecule has 2 nitrogen and oxygen atoms in total. The molecule has 0 spiro atoms. The maximum atomic E-state index is 5.37. The first-order valence-electron chi connectivity index (χ1n) is 4.14. The Hall–Kier alpha value is -1.70. The van der Waals surface area contributed by atoms with E-state index >= 15 is 0 Å². The molecule has 13 heavy (non-hydrogen) atoms. The van der Waals surface area contributed by atoms with E-state index in [1.165, 1.54) is 0 Å². The zero-order chi connectivity index (χ0) is 8.67. The first-order valence-corrected chi connectivity index (χ1v) is 4.14. The molecule has 2 aromatic carbocycles. The molecule has 0 amide bonds. The van der Waals surface area contributed by atoms with E-state index in [1.54, 1.807) is 0 Å². The Labute approximate surface area is 75.7 Å². The monoisotopic (exact) mass is 171 g/mol. The van der Waals surface area contributed by atoms with Crippen LogP contribution >= 0.6 is 0 Å². The van der Waals surface area contributed by atoms with E-state index in [2.05, 4.69) is 6.07 Å². The van der Waals surface area contributed by atoms with Crippen molar-refractivity contribution in [2.45, 2.75) is 0 Å². The first kappa shape index (κ1) is 6.78. The third-order valence-electron chi connectivity index (χ3n) is 2.17. The number of hydrogen-bond donors (Lipinski definition) is 0. The van der Waals surface area contributed by atoms with Gasteiger partial charge in [0.15, 0.2) is 11.5 Å². The fourth-order valence-electron chi connectivity index (χ4n) is 1.56. The van der Waals surface area contributed by atoms with Crippen LogP contribution in [0.4, 0.5) is 0 Å². The van der Waals surface area contributed by atoms with Crippen LogP contribution in [-0.2, 0) is 0 Å². The zero-order valence-corrected chi connectivity index (χ0v) is 6.91. The fraction of sp³-hybridized carbons (Fsp3) is 0.0909. The van der Waals surface area contributed by atoms with Gasteiger partial charge in [-0.1, -0.05) is 24.3 Å². The molecule has 1 radical (unpaired) electrons. The Morgan fingerprint density at radius 2 is 2.08 bits per heavy atom. The smallest absolute Gasteiger partial charge is 0.231 e. The molecule has 0 unspecified atom stereocenters. The highest BCUT2D eigenvalue weighted by Gasteiger charge is 2.15. The summed E-state index contributed by atoms with van der Waals surface area (Å²) in [7, 11) is 0. The Kier molecular flexibility index (Phi) is 1.25. The van der Waals surface area contributed by atoms with Crippen molar-refractivity contribution in [1.82, 2.24) is 0 Å². The minimum atomic E-state index is 0.317. The summed E-state index contributed by atoms with van der Waals surface area (Å²) in [6, 6.07) is 13.0. The number of hydrogen-bond acceptors (Lipinski definition) is 2. The minimum absolute atomic E-state index is 0.317. The Balaban J connectivity index is 2.43. The maximum Gasteiger partial charge on any atom is 0.231 e. The normalized spacial score (nSPS) is 13.5. The molecule has 63 valence electrons. The minimum Gasteiger partial charge on any atom is -0.454 e. The van der Waals surface area contributed by atoms with Crippen LogP contribution in [0.2, 0.25) is 0 Å². The summed E-state index contributed by atoms with van der Waals surface area (Å²) in [4.78, 5) is 0. The molecule has 0 N–H and O–H groups in total. The lowest BCUT2D eigenvalue weighted by Crippen LogP contribution is -1.93. The molecule has 0 fully saturated rings. The van der Waals surface area contributed by atoms with Gasteiger partial charge in [0, 0.05) is 5.39 Å². The molecular formula is C11H7O2. The van der Waals surface area contributed by atoms with E-state index in [0.717, 1.165) is 22.3 Å². The summed E-state index contributed by atoms with van der Waals surface area (Å²) >= 11 is 0. The van der Waals surface area contributed by atoms with Gasteiger partial charge >= 0.3 is 0 Å². The van der Waals surface area contributed by atoms with Crippen LogP contribution in [-0.4, -0.2) is 6.79 Å². The summed E-state index contributed by atoms with van der Waals surface area (Å²) in [5.74, 6) is 1.63. The van der Waals surface area contributed by atoms with Crippen molar-refractivity contribution in [1.29, 1.82) is 0 Å². The standard InChI is InChI=1S/C11H7O2/c1-2-4-9-8(3-1)5-6-10-11(9)13-7-12-10/h1-4,6H,7H2. The van der Waals surface area contributed by atoms with E-state index in [1.807, 2.05) is 30.3 Å². The van der Waals surface area contributed by atoms with Gasteiger partial charge in [0.1, 0.15) is 0 Å². The van der Waals surface area contributed by atoms with Crippen LogP contribution in [0, 0.1) is 6.07 Å². The summed E-state index contributed by atoms with van der Waals surface area (Å²) < 4.78 is 10.6. The van der Waals surface area contributed by atoms with E-state index in [-0.39, 0.29) is 0 Å². The second kappa shape index (κ2) is 2.39. The Morgan fingerprint density at radius 1 is 1.15 bits per heavy atom. The van der Waals surface area contributed by atoms with Crippen molar-refractivity contribution < 1.29 is 9.47 Å². The molecule has 2 aromatic rings. The zero-order valence-electron chi connectivity index (χ0n) is 6.91. The van der Waals surface area contributed by atoms with Gasteiger partial charge in [-0.2, -0.15) is 0 Å². The summed E-state index contributed by atoms with van der Waals surface area (Å²) in [6.07, 6.45) is 0. The quantitative estimate of drug-likeness (QED) is 0.605. The highest BCUT2D eigenvalue weighted by Crippen LogP contribution is 2.38. The number of fused-ring (bicyclic) bond motifs is 3. The van der Waals surface area contributed by atoms with Crippen molar-refractivity contribution in [2.75, 3.05) is 6.79 Å². The van der Waals surface area contributed by atoms with Gasteiger partial charge in [-0.15, -0.1) is 0 Å². The average Bonchev–Trinajstić information content (AvgIpc) is 2.65. The SMILES string of the molecule is [c]1cc2c(c3ccccc13)OCO2. The number of ether oxygens (including phenoxy) is 2. The molecule has 1 aliphatic heterocycles. The summed E-state index contributed by atoms with van der Waals surface area (Å²) in [5.41, 5.74) is 0. The fourth-order valence-corrected chi connectivity index (χ4v) is 1.56. The van der Waals surface area contributed by atoms with Crippen molar-refractivity contribution in [3.05, 3.63) is 36.4 Å². The van der Waals surface area contributed by atoms with Gasteiger partial charge in [0.25, 0.3) is 0 Å². The molecule has 2 heteroatoms. The molecule has 0 aromatic heterocycles. The third-order valence-corrected chi connectivity index (χ3v) is 2.17. The van der Waals surface area contributed by atoms with E-state index in [0.29, 0.717) is 6.79 Å². The maximum absolute atomic E-state index is 5.37. The molecule has 1 heterocycles. The second-order valence-corrected chi connectivity index (χ2v) is 2.93. The van der Waals surface area contributed by atoms with Crippen molar-refractivity contribution in [3.63, 3.8) is 0 Å². The van der Waals surface area contributed by atoms with Gasteiger partial charge < -0.3 is 9.47 Å². The van der Waals surface area contributed by atoms with Gasteiger partial charge in [0.05, 0.1) is 0 Å².